The maximum Gasteiger partial charge on any atom is 0.305 e. The van der Waals surface area contributed by atoms with Crippen LogP contribution in [0.1, 0.15) is 26.2 Å². The Kier molecular flexibility index (Phi) is 5.37. The van der Waals surface area contributed by atoms with E-state index in [0.29, 0.717) is 12.5 Å². The predicted molar refractivity (Wildman–Crippen MR) is 61.4 cm³/mol. The molecule has 0 bridgehead atoms. The molecular weight excluding hydrogens is 224 g/mol. The topological polar surface area (TPSA) is 102 Å². The van der Waals surface area contributed by atoms with Gasteiger partial charge in [-0.3, -0.25) is 9.59 Å². The third-order valence-electron chi connectivity index (χ3n) is 3.02. The van der Waals surface area contributed by atoms with Crippen LogP contribution in [0.15, 0.2) is 0 Å². The van der Waals surface area contributed by atoms with Crippen LogP contribution in [0.4, 0.5) is 0 Å². The first-order chi connectivity index (χ1) is 8.04. The number of carbonyl (C=O) groups excluding carboxylic acids is 1. The summed E-state index contributed by atoms with van der Waals surface area (Å²) >= 11 is 0. The number of carboxylic acid groups (broad SMARTS) is 1. The summed E-state index contributed by atoms with van der Waals surface area (Å²) < 4.78 is 5.50. The number of amides is 1. The lowest BCUT2D eigenvalue weighted by Crippen LogP contribution is -2.44. The van der Waals surface area contributed by atoms with Gasteiger partial charge in [0.1, 0.15) is 0 Å². The predicted octanol–water partition coefficient (Wildman–Crippen LogP) is -0.280. The Balaban J connectivity index is 2.30. The average Bonchev–Trinajstić information content (AvgIpc) is 2.72. The van der Waals surface area contributed by atoms with Gasteiger partial charge in [-0.05, 0) is 12.8 Å². The zero-order chi connectivity index (χ0) is 12.8. The highest BCUT2D eigenvalue weighted by molar-refractivity contribution is 5.85. The normalized spacial score (nSPS) is 25.5. The molecule has 0 saturated carbocycles. The summed E-state index contributed by atoms with van der Waals surface area (Å²) in [4.78, 5) is 21.9. The van der Waals surface area contributed by atoms with E-state index in [4.69, 9.17) is 15.6 Å². The summed E-state index contributed by atoms with van der Waals surface area (Å²) in [5, 5.41) is 11.2. The second-order valence-electron chi connectivity index (χ2n) is 4.32. The van der Waals surface area contributed by atoms with E-state index in [1.165, 1.54) is 0 Å². The van der Waals surface area contributed by atoms with Gasteiger partial charge in [0.2, 0.25) is 5.91 Å². The van der Waals surface area contributed by atoms with Crippen molar-refractivity contribution in [3.63, 3.8) is 0 Å². The Morgan fingerprint density at radius 1 is 1.59 bits per heavy atom. The Morgan fingerprint density at radius 2 is 2.29 bits per heavy atom. The van der Waals surface area contributed by atoms with Crippen molar-refractivity contribution in [3.8, 4) is 0 Å². The standard InChI is InChI=1S/C11H20N2O4/c1-2-9-7(3-4-17-9)6-13-11(16)8(12)5-10(14)15/h7-9H,2-6,12H2,1H3,(H,13,16)(H,14,15). The summed E-state index contributed by atoms with van der Waals surface area (Å²) in [5.41, 5.74) is 5.45. The zero-order valence-corrected chi connectivity index (χ0v) is 10.0. The van der Waals surface area contributed by atoms with Crippen molar-refractivity contribution in [3.05, 3.63) is 0 Å². The molecule has 1 fully saturated rings. The first-order valence-electron chi connectivity index (χ1n) is 5.91. The number of hydrogen-bond acceptors (Lipinski definition) is 4. The van der Waals surface area contributed by atoms with Gasteiger partial charge in [-0.15, -0.1) is 0 Å². The van der Waals surface area contributed by atoms with Crippen molar-refractivity contribution in [2.75, 3.05) is 13.2 Å². The fraction of sp³-hybridized carbons (Fsp3) is 0.818. The average molecular weight is 244 g/mol. The Morgan fingerprint density at radius 3 is 2.88 bits per heavy atom. The molecule has 3 unspecified atom stereocenters. The fourth-order valence-electron chi connectivity index (χ4n) is 2.02. The van der Waals surface area contributed by atoms with Gasteiger partial charge in [-0.2, -0.15) is 0 Å². The molecule has 0 aromatic heterocycles. The molecule has 0 aliphatic carbocycles. The third-order valence-corrected chi connectivity index (χ3v) is 3.02. The van der Waals surface area contributed by atoms with E-state index < -0.39 is 17.9 Å². The van der Waals surface area contributed by atoms with E-state index in [1.807, 2.05) is 6.92 Å². The fourth-order valence-corrected chi connectivity index (χ4v) is 2.02. The van der Waals surface area contributed by atoms with E-state index in [2.05, 4.69) is 5.32 Å². The van der Waals surface area contributed by atoms with Crippen LogP contribution < -0.4 is 11.1 Å². The van der Waals surface area contributed by atoms with Crippen LogP contribution in [0, 0.1) is 5.92 Å². The second-order valence-corrected chi connectivity index (χ2v) is 4.32. The largest absolute Gasteiger partial charge is 0.481 e. The smallest absolute Gasteiger partial charge is 0.305 e. The summed E-state index contributed by atoms with van der Waals surface area (Å²) in [6.07, 6.45) is 1.68. The maximum absolute atomic E-state index is 11.5. The van der Waals surface area contributed by atoms with Gasteiger partial charge in [-0.25, -0.2) is 0 Å². The molecule has 1 saturated heterocycles. The third kappa shape index (κ3) is 4.32. The number of rotatable bonds is 6. The summed E-state index contributed by atoms with van der Waals surface area (Å²) in [6.45, 7) is 3.27. The number of nitrogens with one attached hydrogen (secondary N) is 1. The second kappa shape index (κ2) is 6.56. The molecule has 1 aliphatic rings. The molecule has 1 rings (SSSR count). The molecule has 1 amide bonds. The molecular formula is C11H20N2O4. The lowest BCUT2D eigenvalue weighted by molar-refractivity contribution is -0.139. The number of nitrogens with two attached hydrogens (primary N) is 1. The number of ether oxygens (including phenoxy) is 1. The highest BCUT2D eigenvalue weighted by Gasteiger charge is 2.27. The van der Waals surface area contributed by atoms with Crippen molar-refractivity contribution in [1.29, 1.82) is 0 Å². The minimum Gasteiger partial charge on any atom is -0.481 e. The highest BCUT2D eigenvalue weighted by atomic mass is 16.5. The first kappa shape index (κ1) is 13.9. The van der Waals surface area contributed by atoms with Crippen LogP contribution in [-0.2, 0) is 14.3 Å². The van der Waals surface area contributed by atoms with Crippen LogP contribution in [0.2, 0.25) is 0 Å². The molecule has 98 valence electrons. The number of carbonyl (C=O) groups is 2. The molecule has 0 aromatic carbocycles. The van der Waals surface area contributed by atoms with Gasteiger partial charge < -0.3 is 20.9 Å². The van der Waals surface area contributed by atoms with Crippen LogP contribution >= 0.6 is 0 Å². The van der Waals surface area contributed by atoms with E-state index in [0.717, 1.165) is 19.4 Å². The van der Waals surface area contributed by atoms with E-state index in [1.54, 1.807) is 0 Å². The molecule has 0 spiro atoms. The van der Waals surface area contributed by atoms with Crippen LogP contribution in [0.5, 0.6) is 0 Å². The van der Waals surface area contributed by atoms with Gasteiger partial charge in [0, 0.05) is 19.1 Å². The van der Waals surface area contributed by atoms with Crippen LogP contribution in [-0.4, -0.2) is 42.3 Å². The first-order valence-corrected chi connectivity index (χ1v) is 5.91. The summed E-state index contributed by atoms with van der Waals surface area (Å²) in [7, 11) is 0. The SMILES string of the molecule is CCC1OCCC1CNC(=O)C(N)CC(=O)O. The van der Waals surface area contributed by atoms with E-state index in [-0.39, 0.29) is 12.5 Å². The molecule has 6 nitrogen and oxygen atoms in total. The monoisotopic (exact) mass is 244 g/mol. The van der Waals surface area contributed by atoms with Gasteiger partial charge in [0.05, 0.1) is 18.6 Å². The highest BCUT2D eigenvalue weighted by Crippen LogP contribution is 2.22. The summed E-state index contributed by atoms with van der Waals surface area (Å²) in [5.74, 6) is -1.17. The van der Waals surface area contributed by atoms with E-state index in [9.17, 15) is 9.59 Å². The lowest BCUT2D eigenvalue weighted by Gasteiger charge is -2.18. The molecule has 6 heteroatoms. The van der Waals surface area contributed by atoms with Gasteiger partial charge in [0.25, 0.3) is 0 Å². The van der Waals surface area contributed by atoms with Crippen LogP contribution in [0.3, 0.4) is 0 Å². The zero-order valence-electron chi connectivity index (χ0n) is 10.0. The molecule has 1 aliphatic heterocycles. The Hall–Kier alpha value is -1.14. The quantitative estimate of drug-likeness (QED) is 0.596. The van der Waals surface area contributed by atoms with Crippen molar-refractivity contribution < 1.29 is 19.4 Å². The molecule has 0 aromatic rings. The van der Waals surface area contributed by atoms with Crippen molar-refractivity contribution in [2.45, 2.75) is 38.3 Å². The van der Waals surface area contributed by atoms with Gasteiger partial charge in [0.15, 0.2) is 0 Å². The van der Waals surface area contributed by atoms with E-state index >= 15 is 0 Å². The number of hydrogen-bond donors (Lipinski definition) is 3. The van der Waals surface area contributed by atoms with Crippen molar-refractivity contribution >= 4 is 11.9 Å². The molecule has 1 heterocycles. The number of aliphatic carboxylic acids is 1. The lowest BCUT2D eigenvalue weighted by atomic mass is 9.99. The molecule has 4 N–H and O–H groups in total. The number of carboxylic acids is 1. The van der Waals surface area contributed by atoms with Crippen molar-refractivity contribution in [2.24, 2.45) is 11.7 Å². The van der Waals surface area contributed by atoms with Gasteiger partial charge >= 0.3 is 5.97 Å². The minimum atomic E-state index is -1.07. The molecule has 17 heavy (non-hydrogen) atoms. The Bertz CT molecular complexity index is 283. The van der Waals surface area contributed by atoms with Crippen molar-refractivity contribution in [1.82, 2.24) is 5.32 Å². The molecule has 3 atom stereocenters. The Labute approximate surface area is 101 Å². The van der Waals surface area contributed by atoms with Crippen LogP contribution in [0.25, 0.3) is 0 Å². The molecule has 0 radical (unpaired) electrons. The van der Waals surface area contributed by atoms with Gasteiger partial charge in [-0.1, -0.05) is 6.92 Å². The minimum absolute atomic E-state index is 0.186. The summed E-state index contributed by atoms with van der Waals surface area (Å²) in [6, 6.07) is -0.977. The maximum atomic E-state index is 11.5.